The van der Waals surface area contributed by atoms with Crippen molar-refractivity contribution < 1.29 is 9.47 Å². The molecule has 8 nitrogen and oxygen atoms in total. The molecule has 1 aromatic heterocycles. The van der Waals surface area contributed by atoms with E-state index in [2.05, 4.69) is 34.3 Å². The summed E-state index contributed by atoms with van der Waals surface area (Å²) in [5.41, 5.74) is 0.854. The van der Waals surface area contributed by atoms with Crippen molar-refractivity contribution in [2.75, 3.05) is 64.1 Å². The predicted molar refractivity (Wildman–Crippen MR) is 135 cm³/mol. The number of piperidine rings is 1. The molecule has 2 aromatic rings. The minimum absolute atomic E-state index is 0.398. The molecule has 4 rings (SSSR count). The number of hydrogen-bond acceptors (Lipinski definition) is 8. The van der Waals surface area contributed by atoms with Gasteiger partial charge in [-0.1, -0.05) is 0 Å². The Hall–Kier alpha value is -2.32. The summed E-state index contributed by atoms with van der Waals surface area (Å²) in [4.78, 5) is 14.5. The van der Waals surface area contributed by atoms with Gasteiger partial charge in [-0.3, -0.25) is 0 Å². The van der Waals surface area contributed by atoms with E-state index in [1.807, 2.05) is 19.2 Å². The first kappa shape index (κ1) is 23.8. The fourth-order valence-electron chi connectivity index (χ4n) is 4.86. The quantitative estimate of drug-likeness (QED) is 0.523. The highest BCUT2D eigenvalue weighted by Gasteiger charge is 2.22. The third-order valence-corrected chi connectivity index (χ3v) is 6.88. The molecule has 8 heteroatoms. The average Bonchev–Trinajstić information content (AvgIpc) is 3.35. The lowest BCUT2D eigenvalue weighted by Gasteiger charge is -2.35. The van der Waals surface area contributed by atoms with Crippen LogP contribution in [0, 0.1) is 0 Å². The van der Waals surface area contributed by atoms with E-state index in [0.717, 1.165) is 67.1 Å². The molecule has 0 bridgehead atoms. The zero-order chi connectivity index (χ0) is 23.2. The molecule has 0 aliphatic carbocycles. The van der Waals surface area contributed by atoms with Crippen molar-refractivity contribution >= 4 is 22.7 Å². The smallest absolute Gasteiger partial charge is 0.224 e. The number of ether oxygens (including phenoxy) is 2. The van der Waals surface area contributed by atoms with Crippen LogP contribution in [0.2, 0.25) is 0 Å². The number of hydrogen-bond donors (Lipinski definition) is 2. The monoisotopic (exact) mass is 456 g/mol. The summed E-state index contributed by atoms with van der Waals surface area (Å²) in [6.45, 7) is 10.9. The molecular weight excluding hydrogens is 416 g/mol. The van der Waals surface area contributed by atoms with Gasteiger partial charge in [0.15, 0.2) is 11.5 Å². The van der Waals surface area contributed by atoms with E-state index in [1.54, 1.807) is 7.11 Å². The topological polar surface area (TPSA) is 74.8 Å². The van der Waals surface area contributed by atoms with Crippen LogP contribution in [-0.4, -0.2) is 85.3 Å². The van der Waals surface area contributed by atoms with E-state index in [9.17, 15) is 0 Å². The average molecular weight is 457 g/mol. The van der Waals surface area contributed by atoms with Crippen molar-refractivity contribution in [3.05, 3.63) is 12.1 Å². The molecule has 3 heterocycles. The number of methoxy groups -OCH3 is 1. The van der Waals surface area contributed by atoms with E-state index in [4.69, 9.17) is 19.4 Å². The third-order valence-electron chi connectivity index (χ3n) is 6.88. The Morgan fingerprint density at radius 3 is 2.48 bits per heavy atom. The normalized spacial score (nSPS) is 18.2. The second kappa shape index (κ2) is 11.2. The number of rotatable bonds is 10. The van der Waals surface area contributed by atoms with Crippen molar-refractivity contribution in [2.45, 2.75) is 58.0 Å². The van der Waals surface area contributed by atoms with Gasteiger partial charge in [0, 0.05) is 50.2 Å². The molecule has 2 N–H and O–H groups in total. The Balaban J connectivity index is 1.49. The number of anilines is 2. The molecule has 0 saturated carbocycles. The molecule has 2 aliphatic rings. The van der Waals surface area contributed by atoms with Crippen molar-refractivity contribution in [3.8, 4) is 11.5 Å². The van der Waals surface area contributed by atoms with Gasteiger partial charge in [-0.15, -0.1) is 0 Å². The fourth-order valence-corrected chi connectivity index (χ4v) is 4.86. The maximum atomic E-state index is 6.14. The molecule has 0 spiro atoms. The third kappa shape index (κ3) is 5.98. The molecule has 0 atom stereocenters. The van der Waals surface area contributed by atoms with Gasteiger partial charge in [0.05, 0.1) is 19.2 Å². The second-order valence-corrected chi connectivity index (χ2v) is 9.47. The molecule has 0 unspecified atom stereocenters. The lowest BCUT2D eigenvalue weighted by atomic mass is 10.0. The number of nitrogens with one attached hydrogen (secondary N) is 2. The summed E-state index contributed by atoms with van der Waals surface area (Å²) >= 11 is 0. The molecule has 33 heavy (non-hydrogen) atoms. The van der Waals surface area contributed by atoms with Gasteiger partial charge in [0.1, 0.15) is 5.82 Å². The molecular formula is C25H40N6O2. The first-order valence-electron chi connectivity index (χ1n) is 12.5. The van der Waals surface area contributed by atoms with Gasteiger partial charge in [-0.25, -0.2) is 4.98 Å². The van der Waals surface area contributed by atoms with Crippen LogP contribution in [0.4, 0.5) is 11.8 Å². The van der Waals surface area contributed by atoms with E-state index in [0.29, 0.717) is 24.6 Å². The maximum Gasteiger partial charge on any atom is 0.224 e. The lowest BCUT2D eigenvalue weighted by molar-refractivity contribution is 0.177. The van der Waals surface area contributed by atoms with Crippen molar-refractivity contribution in [3.63, 3.8) is 0 Å². The molecule has 182 valence electrons. The van der Waals surface area contributed by atoms with E-state index in [1.165, 1.54) is 25.9 Å². The minimum atomic E-state index is 0.398. The summed E-state index contributed by atoms with van der Waals surface area (Å²) < 4.78 is 11.8. The lowest BCUT2D eigenvalue weighted by Crippen LogP contribution is -2.42. The Morgan fingerprint density at radius 1 is 1.06 bits per heavy atom. The standard InChI is InChI=1S/C25H40N6O2/c1-18(2)31-13-8-19(9-14-31)27-24-20-16-22(32-4)23(17-21(20)28-25(26-3)29-24)33-15-7-12-30-10-5-6-11-30/h16-19H,5-15H2,1-4H3,(H2,26,27,28,29). The Labute approximate surface area is 198 Å². The molecule has 1 aromatic carbocycles. The van der Waals surface area contributed by atoms with E-state index < -0.39 is 0 Å². The van der Waals surface area contributed by atoms with Crippen molar-refractivity contribution in [1.29, 1.82) is 0 Å². The molecule has 0 radical (unpaired) electrons. The highest BCUT2D eigenvalue weighted by molar-refractivity contribution is 5.92. The van der Waals surface area contributed by atoms with Crippen LogP contribution in [0.5, 0.6) is 11.5 Å². The van der Waals surface area contributed by atoms with Crippen LogP contribution in [0.3, 0.4) is 0 Å². The van der Waals surface area contributed by atoms with E-state index in [-0.39, 0.29) is 0 Å². The first-order chi connectivity index (χ1) is 16.1. The number of aromatic nitrogens is 2. The number of nitrogens with zero attached hydrogens (tertiary/aromatic N) is 4. The Kier molecular flexibility index (Phi) is 8.09. The molecule has 0 amide bonds. The number of benzene rings is 1. The van der Waals surface area contributed by atoms with Gasteiger partial charge >= 0.3 is 0 Å². The van der Waals surface area contributed by atoms with Gasteiger partial charge in [-0.2, -0.15) is 4.98 Å². The highest BCUT2D eigenvalue weighted by atomic mass is 16.5. The Morgan fingerprint density at radius 2 is 1.82 bits per heavy atom. The van der Waals surface area contributed by atoms with E-state index >= 15 is 0 Å². The van der Waals surface area contributed by atoms with Crippen molar-refractivity contribution in [1.82, 2.24) is 19.8 Å². The van der Waals surface area contributed by atoms with Crippen LogP contribution in [0.25, 0.3) is 10.9 Å². The van der Waals surface area contributed by atoms with Crippen LogP contribution in [0.1, 0.15) is 46.0 Å². The molecule has 2 aliphatic heterocycles. The first-order valence-corrected chi connectivity index (χ1v) is 12.5. The predicted octanol–water partition coefficient (Wildman–Crippen LogP) is 3.83. The Bertz CT molecular complexity index is 907. The zero-order valence-electron chi connectivity index (χ0n) is 20.7. The summed E-state index contributed by atoms with van der Waals surface area (Å²) in [5.74, 6) is 2.92. The summed E-state index contributed by atoms with van der Waals surface area (Å²) in [5, 5.41) is 7.75. The van der Waals surface area contributed by atoms with Crippen LogP contribution < -0.4 is 20.1 Å². The largest absolute Gasteiger partial charge is 0.493 e. The minimum Gasteiger partial charge on any atom is -0.493 e. The molecule has 2 saturated heterocycles. The SMILES string of the molecule is CNc1nc(NC2CCN(C(C)C)CC2)c2cc(OC)c(OCCCN3CCCC3)cc2n1. The summed E-state index contributed by atoms with van der Waals surface area (Å²) in [6.07, 6.45) is 5.86. The van der Waals surface area contributed by atoms with Crippen LogP contribution >= 0.6 is 0 Å². The highest BCUT2D eigenvalue weighted by Crippen LogP contribution is 2.35. The molecule has 2 fully saturated rings. The number of likely N-dealkylation sites (tertiary alicyclic amines) is 2. The van der Waals surface area contributed by atoms with Gasteiger partial charge in [0.25, 0.3) is 0 Å². The summed E-state index contributed by atoms with van der Waals surface area (Å²) in [7, 11) is 3.54. The van der Waals surface area contributed by atoms with Gasteiger partial charge < -0.3 is 29.9 Å². The van der Waals surface area contributed by atoms with Crippen LogP contribution in [0.15, 0.2) is 12.1 Å². The number of fused-ring (bicyclic) bond motifs is 1. The zero-order valence-corrected chi connectivity index (χ0v) is 20.7. The van der Waals surface area contributed by atoms with Crippen molar-refractivity contribution in [2.24, 2.45) is 0 Å². The fraction of sp³-hybridized carbons (Fsp3) is 0.680. The van der Waals surface area contributed by atoms with Gasteiger partial charge in [0.2, 0.25) is 5.95 Å². The maximum absolute atomic E-state index is 6.14. The van der Waals surface area contributed by atoms with Gasteiger partial charge in [-0.05, 0) is 65.1 Å². The second-order valence-electron chi connectivity index (χ2n) is 9.47. The van der Waals surface area contributed by atoms with Crippen LogP contribution in [-0.2, 0) is 0 Å². The summed E-state index contributed by atoms with van der Waals surface area (Å²) in [6, 6.07) is 4.99.